The van der Waals surface area contributed by atoms with Crippen molar-refractivity contribution < 1.29 is 19.4 Å². The van der Waals surface area contributed by atoms with Crippen LogP contribution < -0.4 is 9.64 Å². The first-order chi connectivity index (χ1) is 12.5. The lowest BCUT2D eigenvalue weighted by Crippen LogP contribution is -2.52. The molecule has 0 unspecified atom stereocenters. The molecule has 5 heteroatoms. The lowest BCUT2D eigenvalue weighted by atomic mass is 9.86. The van der Waals surface area contributed by atoms with Gasteiger partial charge in [-0.3, -0.25) is 4.79 Å². The second-order valence-corrected chi connectivity index (χ2v) is 8.44. The largest absolute Gasteiger partial charge is 0.478 e. The zero-order valence-electron chi connectivity index (χ0n) is 16.4. The molecule has 0 atom stereocenters. The summed E-state index contributed by atoms with van der Waals surface area (Å²) in [7, 11) is 0. The molecule has 0 fully saturated rings. The SMILES string of the molecule is CC1(C)Oc2ccc(C(=O)O)cc2N(Cc2ccc(C(C)(C)C)cc2)C1=O. The molecule has 2 aromatic carbocycles. The molecule has 142 valence electrons. The van der Waals surface area contributed by atoms with Crippen LogP contribution in [0, 0.1) is 0 Å². The van der Waals surface area contributed by atoms with E-state index in [-0.39, 0.29) is 16.9 Å². The Kier molecular flexibility index (Phi) is 4.50. The maximum Gasteiger partial charge on any atom is 0.335 e. The lowest BCUT2D eigenvalue weighted by Gasteiger charge is -2.39. The van der Waals surface area contributed by atoms with Gasteiger partial charge in [-0.1, -0.05) is 45.0 Å². The fraction of sp³-hybridized carbons (Fsp3) is 0.364. The van der Waals surface area contributed by atoms with Crippen molar-refractivity contribution in [2.24, 2.45) is 0 Å². The number of carboxylic acid groups (broad SMARTS) is 1. The Hall–Kier alpha value is -2.82. The van der Waals surface area contributed by atoms with Crippen molar-refractivity contribution in [3.05, 3.63) is 59.2 Å². The van der Waals surface area contributed by atoms with Gasteiger partial charge in [-0.05, 0) is 48.6 Å². The minimum Gasteiger partial charge on any atom is -0.478 e. The van der Waals surface area contributed by atoms with Crippen LogP contribution in [0.4, 0.5) is 5.69 Å². The molecule has 0 radical (unpaired) electrons. The number of aromatic carboxylic acids is 1. The Morgan fingerprint density at radius 2 is 1.74 bits per heavy atom. The highest BCUT2D eigenvalue weighted by Crippen LogP contribution is 2.39. The monoisotopic (exact) mass is 367 g/mol. The summed E-state index contributed by atoms with van der Waals surface area (Å²) in [5.74, 6) is -0.724. The molecule has 0 aromatic heterocycles. The van der Waals surface area contributed by atoms with Gasteiger partial charge in [0.2, 0.25) is 0 Å². The minimum atomic E-state index is -1.04. The van der Waals surface area contributed by atoms with Crippen LogP contribution in [0.25, 0.3) is 0 Å². The second kappa shape index (κ2) is 6.41. The molecule has 2 aromatic rings. The van der Waals surface area contributed by atoms with E-state index >= 15 is 0 Å². The fourth-order valence-corrected chi connectivity index (χ4v) is 3.15. The Bertz CT molecular complexity index is 892. The molecule has 1 N–H and O–H groups in total. The van der Waals surface area contributed by atoms with Gasteiger partial charge in [-0.2, -0.15) is 0 Å². The van der Waals surface area contributed by atoms with Gasteiger partial charge in [0.05, 0.1) is 17.8 Å². The molecule has 0 saturated heterocycles. The first kappa shape index (κ1) is 19.0. The third-order valence-corrected chi connectivity index (χ3v) is 4.78. The number of amides is 1. The van der Waals surface area contributed by atoms with E-state index in [1.165, 1.54) is 17.7 Å². The molecule has 3 rings (SSSR count). The molecule has 0 aliphatic carbocycles. The van der Waals surface area contributed by atoms with E-state index < -0.39 is 11.6 Å². The van der Waals surface area contributed by atoms with E-state index in [4.69, 9.17) is 4.74 Å². The Labute approximate surface area is 159 Å². The van der Waals surface area contributed by atoms with Crippen LogP contribution in [-0.4, -0.2) is 22.6 Å². The fourth-order valence-electron chi connectivity index (χ4n) is 3.15. The summed E-state index contributed by atoms with van der Waals surface area (Å²) in [4.78, 5) is 25.9. The summed E-state index contributed by atoms with van der Waals surface area (Å²) < 4.78 is 5.81. The summed E-state index contributed by atoms with van der Waals surface area (Å²) in [5.41, 5.74) is 1.84. The van der Waals surface area contributed by atoms with Crippen LogP contribution >= 0.6 is 0 Å². The number of carbonyl (C=O) groups is 2. The van der Waals surface area contributed by atoms with E-state index in [9.17, 15) is 14.7 Å². The molecule has 27 heavy (non-hydrogen) atoms. The predicted octanol–water partition coefficient (Wildman–Crippen LogP) is 4.39. The normalized spacial score (nSPS) is 15.9. The molecule has 1 amide bonds. The van der Waals surface area contributed by atoms with Crippen molar-refractivity contribution in [2.45, 2.75) is 52.2 Å². The zero-order valence-corrected chi connectivity index (χ0v) is 16.4. The van der Waals surface area contributed by atoms with E-state index in [0.29, 0.717) is 18.0 Å². The number of rotatable bonds is 3. The number of ether oxygens (including phenoxy) is 1. The molecule has 5 nitrogen and oxygen atoms in total. The van der Waals surface area contributed by atoms with Gasteiger partial charge in [-0.15, -0.1) is 0 Å². The molecule has 1 aliphatic rings. The summed E-state index contributed by atoms with van der Waals surface area (Å²) >= 11 is 0. The first-order valence-corrected chi connectivity index (χ1v) is 8.97. The van der Waals surface area contributed by atoms with E-state index in [2.05, 4.69) is 32.9 Å². The van der Waals surface area contributed by atoms with Gasteiger partial charge >= 0.3 is 5.97 Å². The Morgan fingerprint density at radius 1 is 1.11 bits per heavy atom. The van der Waals surface area contributed by atoms with Crippen molar-refractivity contribution in [1.29, 1.82) is 0 Å². The van der Waals surface area contributed by atoms with Crippen LogP contribution in [0.15, 0.2) is 42.5 Å². The van der Waals surface area contributed by atoms with Crippen LogP contribution in [0.3, 0.4) is 0 Å². The summed E-state index contributed by atoms with van der Waals surface area (Å²) in [6.45, 7) is 10.3. The smallest absolute Gasteiger partial charge is 0.335 e. The highest BCUT2D eigenvalue weighted by Gasteiger charge is 2.41. The molecule has 1 aliphatic heterocycles. The maximum absolute atomic E-state index is 13.0. The van der Waals surface area contributed by atoms with Crippen LogP contribution in [-0.2, 0) is 16.8 Å². The summed E-state index contributed by atoms with van der Waals surface area (Å²) in [5, 5.41) is 9.29. The predicted molar refractivity (Wildman–Crippen MR) is 104 cm³/mol. The van der Waals surface area contributed by atoms with Gasteiger partial charge < -0.3 is 14.7 Å². The first-order valence-electron chi connectivity index (χ1n) is 8.97. The number of fused-ring (bicyclic) bond motifs is 1. The Morgan fingerprint density at radius 3 is 2.30 bits per heavy atom. The number of nitrogens with zero attached hydrogens (tertiary/aromatic N) is 1. The number of carbonyl (C=O) groups excluding carboxylic acids is 1. The third-order valence-electron chi connectivity index (χ3n) is 4.78. The minimum absolute atomic E-state index is 0.0539. The Balaban J connectivity index is 1.99. The summed E-state index contributed by atoms with van der Waals surface area (Å²) in [6, 6.07) is 12.8. The maximum atomic E-state index is 13.0. The third kappa shape index (κ3) is 3.68. The summed E-state index contributed by atoms with van der Waals surface area (Å²) in [6.07, 6.45) is 0. The number of carboxylic acids is 1. The highest BCUT2D eigenvalue weighted by atomic mass is 16.5. The standard InChI is InChI=1S/C22H25NO4/c1-21(2,3)16-9-6-14(7-10-16)13-23-17-12-15(19(24)25)8-11-18(17)27-22(4,5)20(23)26/h6-12H,13H2,1-5H3,(H,24,25). The molecule has 0 bridgehead atoms. The lowest BCUT2D eigenvalue weighted by molar-refractivity contribution is -0.132. The van der Waals surface area contributed by atoms with E-state index in [0.717, 1.165) is 5.56 Å². The highest BCUT2D eigenvalue weighted by molar-refractivity contribution is 6.03. The average Bonchev–Trinajstić information content (AvgIpc) is 2.58. The van der Waals surface area contributed by atoms with Crippen molar-refractivity contribution in [1.82, 2.24) is 0 Å². The topological polar surface area (TPSA) is 66.8 Å². The van der Waals surface area contributed by atoms with Crippen molar-refractivity contribution in [3.8, 4) is 5.75 Å². The van der Waals surface area contributed by atoms with Crippen LogP contribution in [0.2, 0.25) is 0 Å². The quantitative estimate of drug-likeness (QED) is 0.874. The number of benzene rings is 2. The molecule has 0 spiro atoms. The van der Waals surface area contributed by atoms with Crippen molar-refractivity contribution in [2.75, 3.05) is 4.90 Å². The van der Waals surface area contributed by atoms with Gasteiger partial charge in [0.1, 0.15) is 5.75 Å². The number of hydrogen-bond donors (Lipinski definition) is 1. The van der Waals surface area contributed by atoms with Crippen LogP contribution in [0.1, 0.15) is 56.1 Å². The molecule has 0 saturated carbocycles. The van der Waals surface area contributed by atoms with Gasteiger partial charge in [-0.25, -0.2) is 4.79 Å². The number of hydrogen-bond acceptors (Lipinski definition) is 3. The van der Waals surface area contributed by atoms with Crippen LogP contribution in [0.5, 0.6) is 5.75 Å². The van der Waals surface area contributed by atoms with Gasteiger partial charge in [0, 0.05) is 0 Å². The molecular formula is C22H25NO4. The van der Waals surface area contributed by atoms with Gasteiger partial charge in [0.15, 0.2) is 5.60 Å². The number of anilines is 1. The van der Waals surface area contributed by atoms with E-state index in [1.54, 1.807) is 24.8 Å². The van der Waals surface area contributed by atoms with Gasteiger partial charge in [0.25, 0.3) is 5.91 Å². The molecular weight excluding hydrogens is 342 g/mol. The van der Waals surface area contributed by atoms with E-state index in [1.807, 2.05) is 12.1 Å². The van der Waals surface area contributed by atoms with Crippen molar-refractivity contribution >= 4 is 17.6 Å². The average molecular weight is 367 g/mol. The van der Waals surface area contributed by atoms with Crippen molar-refractivity contribution in [3.63, 3.8) is 0 Å². The molecule has 1 heterocycles. The second-order valence-electron chi connectivity index (χ2n) is 8.44. The zero-order chi connectivity index (χ0) is 20.0.